The van der Waals surface area contributed by atoms with Crippen molar-refractivity contribution in [3.8, 4) is 0 Å². The Balaban J connectivity index is 2.66. The topological polar surface area (TPSA) is 43.4 Å². The number of aromatic nitrogens is 1. The zero-order valence-corrected chi connectivity index (χ0v) is 9.12. The van der Waals surface area contributed by atoms with Crippen molar-refractivity contribution in [3.63, 3.8) is 0 Å². The number of halogens is 2. The number of fused-ring (bicyclic) bond motifs is 1. The molecule has 0 aliphatic carbocycles. The van der Waals surface area contributed by atoms with Crippen molar-refractivity contribution in [3.05, 3.63) is 33.9 Å². The molecule has 1 heterocycles. The number of quaternary nitrogens is 1. The molecule has 0 aliphatic heterocycles. The van der Waals surface area contributed by atoms with Crippen molar-refractivity contribution in [2.75, 3.05) is 6.54 Å². The summed E-state index contributed by atoms with van der Waals surface area (Å²) in [5.41, 5.74) is 6.03. The second kappa shape index (κ2) is 3.81. The lowest BCUT2D eigenvalue weighted by Gasteiger charge is -1.98. The van der Waals surface area contributed by atoms with Crippen LogP contribution in [0.5, 0.6) is 0 Å². The van der Waals surface area contributed by atoms with Gasteiger partial charge in [0.2, 0.25) is 0 Å². The fourth-order valence-electron chi connectivity index (χ4n) is 1.64. The number of aromatic amines is 1. The third-order valence-corrected chi connectivity index (χ3v) is 2.74. The summed E-state index contributed by atoms with van der Waals surface area (Å²) >= 11 is 12.0. The molecule has 1 aromatic carbocycles. The van der Waals surface area contributed by atoms with Crippen molar-refractivity contribution in [2.24, 2.45) is 0 Å². The molecule has 0 fully saturated rings. The van der Waals surface area contributed by atoms with Gasteiger partial charge < -0.3 is 10.7 Å². The highest BCUT2D eigenvalue weighted by Gasteiger charge is 2.08. The zero-order chi connectivity index (χ0) is 10.1. The molecule has 0 atom stereocenters. The summed E-state index contributed by atoms with van der Waals surface area (Å²) in [5.74, 6) is 0. The number of benzene rings is 1. The summed E-state index contributed by atoms with van der Waals surface area (Å²) in [6, 6.07) is 3.65. The summed E-state index contributed by atoms with van der Waals surface area (Å²) < 4.78 is 0. The summed E-state index contributed by atoms with van der Waals surface area (Å²) in [7, 11) is 0. The van der Waals surface area contributed by atoms with Gasteiger partial charge in [-0.05, 0) is 17.7 Å². The molecule has 1 aromatic heterocycles. The first-order chi connectivity index (χ1) is 6.72. The lowest BCUT2D eigenvalue weighted by molar-refractivity contribution is -0.366. The van der Waals surface area contributed by atoms with Crippen LogP contribution in [0.25, 0.3) is 10.9 Å². The first-order valence-corrected chi connectivity index (χ1v) is 5.22. The normalized spacial score (nSPS) is 11.1. The number of hydrogen-bond donors (Lipinski definition) is 2. The molecule has 0 radical (unpaired) electrons. The highest BCUT2D eigenvalue weighted by atomic mass is 35.5. The Labute approximate surface area is 92.0 Å². The van der Waals surface area contributed by atoms with E-state index in [1.54, 1.807) is 6.07 Å². The van der Waals surface area contributed by atoms with Crippen LogP contribution >= 0.6 is 23.2 Å². The van der Waals surface area contributed by atoms with Crippen LogP contribution in [0.1, 0.15) is 5.56 Å². The van der Waals surface area contributed by atoms with Gasteiger partial charge in [0.05, 0.1) is 11.6 Å². The molecule has 4 heteroatoms. The van der Waals surface area contributed by atoms with Gasteiger partial charge in [0.25, 0.3) is 0 Å². The minimum atomic E-state index is 0.658. The maximum Gasteiger partial charge on any atom is 0.0781 e. The third kappa shape index (κ3) is 1.61. The van der Waals surface area contributed by atoms with Gasteiger partial charge in [-0.3, -0.25) is 0 Å². The van der Waals surface area contributed by atoms with Crippen molar-refractivity contribution >= 4 is 34.1 Å². The molecule has 14 heavy (non-hydrogen) atoms. The van der Waals surface area contributed by atoms with E-state index in [-0.39, 0.29) is 0 Å². The average Bonchev–Trinajstić information content (AvgIpc) is 2.49. The van der Waals surface area contributed by atoms with Crippen LogP contribution in [0.15, 0.2) is 18.3 Å². The molecule has 0 unspecified atom stereocenters. The average molecular weight is 230 g/mol. The SMILES string of the molecule is [NH3+]CCc1c[nH]c2cc(Cl)cc(Cl)c12. The Kier molecular flexibility index (Phi) is 2.68. The van der Waals surface area contributed by atoms with E-state index in [4.69, 9.17) is 23.2 Å². The Morgan fingerprint density at radius 3 is 2.79 bits per heavy atom. The van der Waals surface area contributed by atoms with Crippen LogP contribution in [0, 0.1) is 0 Å². The van der Waals surface area contributed by atoms with Crippen LogP contribution in [0.3, 0.4) is 0 Å². The molecular weight excluding hydrogens is 219 g/mol. The molecule has 0 spiro atoms. The van der Waals surface area contributed by atoms with Crippen molar-refractivity contribution in [1.82, 2.24) is 4.98 Å². The maximum absolute atomic E-state index is 6.12. The Morgan fingerprint density at radius 1 is 1.29 bits per heavy atom. The van der Waals surface area contributed by atoms with E-state index >= 15 is 0 Å². The van der Waals surface area contributed by atoms with Gasteiger partial charge in [-0.15, -0.1) is 0 Å². The first kappa shape index (κ1) is 9.84. The van der Waals surface area contributed by atoms with Gasteiger partial charge >= 0.3 is 0 Å². The summed E-state index contributed by atoms with van der Waals surface area (Å²) in [5, 5.41) is 2.43. The molecule has 0 aliphatic rings. The fourth-order valence-corrected chi connectivity index (χ4v) is 2.25. The monoisotopic (exact) mass is 229 g/mol. The molecule has 2 aromatic rings. The van der Waals surface area contributed by atoms with Crippen LogP contribution in [-0.4, -0.2) is 11.5 Å². The van der Waals surface area contributed by atoms with E-state index in [1.807, 2.05) is 12.3 Å². The lowest BCUT2D eigenvalue weighted by atomic mass is 10.1. The van der Waals surface area contributed by atoms with Gasteiger partial charge in [0.1, 0.15) is 0 Å². The molecule has 0 saturated heterocycles. The van der Waals surface area contributed by atoms with E-state index in [2.05, 4.69) is 10.7 Å². The van der Waals surface area contributed by atoms with Crippen molar-refractivity contribution < 1.29 is 5.73 Å². The molecule has 2 rings (SSSR count). The van der Waals surface area contributed by atoms with E-state index in [9.17, 15) is 0 Å². The summed E-state index contributed by atoms with van der Waals surface area (Å²) in [6.07, 6.45) is 2.90. The van der Waals surface area contributed by atoms with Crippen molar-refractivity contribution in [2.45, 2.75) is 6.42 Å². The number of rotatable bonds is 2. The molecular formula is C10H11Cl2N2+. The first-order valence-electron chi connectivity index (χ1n) is 4.46. The van der Waals surface area contributed by atoms with E-state index in [0.29, 0.717) is 10.0 Å². The third-order valence-electron chi connectivity index (χ3n) is 2.22. The van der Waals surface area contributed by atoms with Crippen LogP contribution in [0.2, 0.25) is 10.0 Å². The second-order valence-electron chi connectivity index (χ2n) is 3.23. The predicted octanol–water partition coefficient (Wildman–Crippen LogP) is 2.26. The molecule has 2 nitrogen and oxygen atoms in total. The standard InChI is InChI=1S/C10H10Cl2N2/c11-7-3-8(12)10-6(1-2-13)5-14-9(10)4-7/h3-5,14H,1-2,13H2/p+1. The Hall–Kier alpha value is -0.700. The smallest absolute Gasteiger partial charge is 0.0781 e. The van der Waals surface area contributed by atoms with E-state index in [1.165, 1.54) is 5.56 Å². The predicted molar refractivity (Wildman–Crippen MR) is 59.8 cm³/mol. The minimum absolute atomic E-state index is 0.658. The molecule has 0 saturated carbocycles. The van der Waals surface area contributed by atoms with E-state index < -0.39 is 0 Å². The van der Waals surface area contributed by atoms with Gasteiger partial charge in [-0.25, -0.2) is 0 Å². The molecule has 0 bridgehead atoms. The highest BCUT2D eigenvalue weighted by molar-refractivity contribution is 6.38. The number of nitrogens with one attached hydrogen (secondary N) is 1. The second-order valence-corrected chi connectivity index (χ2v) is 4.07. The lowest BCUT2D eigenvalue weighted by Crippen LogP contribution is -2.51. The molecule has 4 N–H and O–H groups in total. The van der Waals surface area contributed by atoms with Crippen LogP contribution in [0.4, 0.5) is 0 Å². The highest BCUT2D eigenvalue weighted by Crippen LogP contribution is 2.30. The minimum Gasteiger partial charge on any atom is -0.361 e. The van der Waals surface area contributed by atoms with Gasteiger partial charge in [0, 0.05) is 28.5 Å². The number of H-pyrrole nitrogens is 1. The largest absolute Gasteiger partial charge is 0.361 e. The van der Waals surface area contributed by atoms with Crippen LogP contribution in [-0.2, 0) is 6.42 Å². The summed E-state index contributed by atoms with van der Waals surface area (Å²) in [4.78, 5) is 3.16. The molecule has 74 valence electrons. The van der Waals surface area contributed by atoms with Gasteiger partial charge in [-0.2, -0.15) is 0 Å². The van der Waals surface area contributed by atoms with E-state index in [0.717, 1.165) is 23.9 Å². The maximum atomic E-state index is 6.12. The number of hydrogen-bond acceptors (Lipinski definition) is 0. The Morgan fingerprint density at radius 2 is 2.07 bits per heavy atom. The van der Waals surface area contributed by atoms with Crippen molar-refractivity contribution in [1.29, 1.82) is 0 Å². The van der Waals surface area contributed by atoms with Crippen LogP contribution < -0.4 is 5.73 Å². The van der Waals surface area contributed by atoms with Gasteiger partial charge in [-0.1, -0.05) is 23.2 Å². The summed E-state index contributed by atoms with van der Waals surface area (Å²) in [6.45, 7) is 0.867. The quantitative estimate of drug-likeness (QED) is 0.794. The molecule has 0 amide bonds. The fraction of sp³-hybridized carbons (Fsp3) is 0.200. The Bertz CT molecular complexity index is 462. The zero-order valence-electron chi connectivity index (χ0n) is 7.61. The van der Waals surface area contributed by atoms with Gasteiger partial charge in [0.15, 0.2) is 0 Å².